The monoisotopic (exact) mass is 682 g/mol. The van der Waals surface area contributed by atoms with Crippen LogP contribution in [0.4, 0.5) is 21.9 Å². The molecule has 49 heavy (non-hydrogen) atoms. The van der Waals surface area contributed by atoms with E-state index in [0.29, 0.717) is 24.0 Å². The Balaban J connectivity index is 0.973. The second-order valence-corrected chi connectivity index (χ2v) is 13.5. The van der Waals surface area contributed by atoms with Gasteiger partial charge in [-0.1, -0.05) is 29.8 Å². The van der Waals surface area contributed by atoms with Crippen molar-refractivity contribution in [1.82, 2.24) is 15.1 Å². The quantitative estimate of drug-likeness (QED) is 0.306. The first kappa shape index (κ1) is 32.6. The molecule has 3 aromatic rings. The SMILES string of the molecule is CCNc1ccc(-c2cccc(N3CCCN(CC4CCN(c5ccc6c(c5)C(=O)N(C5CCC(=O)NC5=O)C6=O)CC4)C3=O)c2)c(Cl)c1. The van der Waals surface area contributed by atoms with Crippen LogP contribution in [0, 0.1) is 5.92 Å². The number of amides is 6. The summed E-state index contributed by atoms with van der Waals surface area (Å²) in [6, 6.07) is 18.2. The average Bonchev–Trinajstić information content (AvgIpc) is 3.34. The van der Waals surface area contributed by atoms with Gasteiger partial charge in [0.05, 0.1) is 16.1 Å². The number of nitrogens with one attached hydrogen (secondary N) is 2. The van der Waals surface area contributed by atoms with Crippen LogP contribution >= 0.6 is 11.6 Å². The van der Waals surface area contributed by atoms with Gasteiger partial charge in [-0.2, -0.15) is 0 Å². The largest absolute Gasteiger partial charge is 0.385 e. The number of anilines is 3. The maximum atomic E-state index is 13.8. The minimum Gasteiger partial charge on any atom is -0.385 e. The van der Waals surface area contributed by atoms with Crippen LogP contribution in [-0.4, -0.2) is 84.8 Å². The molecule has 4 heterocycles. The third-order valence-corrected chi connectivity index (χ3v) is 10.3. The summed E-state index contributed by atoms with van der Waals surface area (Å²) in [6.07, 6.45) is 2.85. The average molecular weight is 683 g/mol. The number of piperidine rings is 2. The van der Waals surface area contributed by atoms with Crippen molar-refractivity contribution in [2.24, 2.45) is 5.92 Å². The standard InChI is InChI=1S/C37H39ClN6O5/c1-2-39-25-7-9-28(31(38)20-25)24-5-3-6-27(19-24)43-16-4-15-42(37(43)49)22-23-13-17-41(18-14-23)26-8-10-29-30(21-26)36(48)44(35(29)47)32-11-12-33(45)40-34(32)46/h3,5-10,19-21,23,32,39H,2,4,11-18,22H2,1H3,(H,40,45,46). The molecule has 3 fully saturated rings. The van der Waals surface area contributed by atoms with Crippen molar-refractivity contribution in [3.8, 4) is 11.1 Å². The molecule has 12 heteroatoms. The van der Waals surface area contributed by atoms with E-state index in [2.05, 4.69) is 15.5 Å². The van der Waals surface area contributed by atoms with Gasteiger partial charge in [-0.3, -0.25) is 34.3 Å². The van der Waals surface area contributed by atoms with Gasteiger partial charge in [0.1, 0.15) is 6.04 Å². The van der Waals surface area contributed by atoms with E-state index in [1.807, 2.05) is 65.3 Å². The van der Waals surface area contributed by atoms with Gasteiger partial charge in [0.2, 0.25) is 11.8 Å². The number of urea groups is 1. The van der Waals surface area contributed by atoms with Crippen LogP contribution in [0.2, 0.25) is 5.02 Å². The van der Waals surface area contributed by atoms with Crippen LogP contribution in [0.5, 0.6) is 0 Å². The maximum absolute atomic E-state index is 13.8. The van der Waals surface area contributed by atoms with E-state index >= 15 is 0 Å². The molecule has 0 aliphatic carbocycles. The van der Waals surface area contributed by atoms with Gasteiger partial charge in [-0.05, 0) is 86.6 Å². The van der Waals surface area contributed by atoms with Gasteiger partial charge in [0.15, 0.2) is 0 Å². The molecular weight excluding hydrogens is 644 g/mol. The second-order valence-electron chi connectivity index (χ2n) is 13.1. The highest BCUT2D eigenvalue weighted by atomic mass is 35.5. The van der Waals surface area contributed by atoms with E-state index in [9.17, 15) is 24.0 Å². The van der Waals surface area contributed by atoms with Crippen molar-refractivity contribution in [2.45, 2.75) is 45.1 Å². The van der Waals surface area contributed by atoms with Crippen LogP contribution in [0.3, 0.4) is 0 Å². The van der Waals surface area contributed by atoms with E-state index in [4.69, 9.17) is 11.6 Å². The lowest BCUT2D eigenvalue weighted by Crippen LogP contribution is -2.54. The zero-order chi connectivity index (χ0) is 34.2. The summed E-state index contributed by atoms with van der Waals surface area (Å²) in [5, 5.41) is 6.17. The number of hydrogen-bond donors (Lipinski definition) is 2. The highest BCUT2D eigenvalue weighted by molar-refractivity contribution is 6.33. The topological polar surface area (TPSA) is 122 Å². The molecule has 0 aromatic heterocycles. The first-order valence-corrected chi connectivity index (χ1v) is 17.4. The van der Waals surface area contributed by atoms with Crippen LogP contribution in [0.1, 0.15) is 59.7 Å². The summed E-state index contributed by atoms with van der Waals surface area (Å²) in [5.74, 6) is -1.69. The van der Waals surface area contributed by atoms with E-state index in [-0.39, 0.29) is 30.0 Å². The smallest absolute Gasteiger partial charge is 0.324 e. The molecule has 4 aliphatic heterocycles. The molecular formula is C37H39ClN6O5. The van der Waals surface area contributed by atoms with E-state index in [0.717, 1.165) is 78.5 Å². The molecule has 0 saturated carbocycles. The Bertz CT molecular complexity index is 1840. The van der Waals surface area contributed by atoms with Crippen molar-refractivity contribution < 1.29 is 24.0 Å². The predicted molar refractivity (Wildman–Crippen MR) is 188 cm³/mol. The Morgan fingerprint density at radius 2 is 1.59 bits per heavy atom. The van der Waals surface area contributed by atoms with Gasteiger partial charge in [0.25, 0.3) is 11.8 Å². The number of imide groups is 2. The van der Waals surface area contributed by atoms with E-state index < -0.39 is 29.7 Å². The van der Waals surface area contributed by atoms with Crippen LogP contribution in [-0.2, 0) is 9.59 Å². The fraction of sp³-hybridized carbons (Fsp3) is 0.378. The third kappa shape index (κ3) is 6.35. The molecule has 3 saturated heterocycles. The molecule has 4 aliphatic rings. The van der Waals surface area contributed by atoms with Crippen LogP contribution in [0.25, 0.3) is 11.1 Å². The molecule has 6 amide bonds. The molecule has 0 spiro atoms. The number of carbonyl (C=O) groups is 5. The van der Waals surface area contributed by atoms with Gasteiger partial charge < -0.3 is 15.1 Å². The van der Waals surface area contributed by atoms with E-state index in [1.165, 1.54) is 0 Å². The summed E-state index contributed by atoms with van der Waals surface area (Å²) >= 11 is 6.64. The lowest BCUT2D eigenvalue weighted by molar-refractivity contribution is -0.136. The summed E-state index contributed by atoms with van der Waals surface area (Å²) in [4.78, 5) is 71.2. The van der Waals surface area contributed by atoms with Crippen molar-refractivity contribution in [3.63, 3.8) is 0 Å². The van der Waals surface area contributed by atoms with Crippen molar-refractivity contribution in [3.05, 3.63) is 76.8 Å². The summed E-state index contributed by atoms with van der Waals surface area (Å²) in [5.41, 5.74) is 5.11. The number of halogens is 1. The zero-order valence-electron chi connectivity index (χ0n) is 27.4. The lowest BCUT2D eigenvalue weighted by Gasteiger charge is -2.40. The summed E-state index contributed by atoms with van der Waals surface area (Å²) in [6.45, 7) is 6.42. The number of benzene rings is 3. The summed E-state index contributed by atoms with van der Waals surface area (Å²) < 4.78 is 0. The van der Waals surface area contributed by atoms with Gasteiger partial charge in [-0.15, -0.1) is 0 Å². The lowest BCUT2D eigenvalue weighted by atomic mass is 9.95. The van der Waals surface area contributed by atoms with Crippen molar-refractivity contribution in [1.29, 1.82) is 0 Å². The van der Waals surface area contributed by atoms with E-state index in [1.54, 1.807) is 12.1 Å². The number of fused-ring (bicyclic) bond motifs is 1. The Morgan fingerprint density at radius 3 is 2.35 bits per heavy atom. The molecule has 7 rings (SSSR count). The first-order valence-electron chi connectivity index (χ1n) is 17.0. The van der Waals surface area contributed by atoms with Gasteiger partial charge in [-0.25, -0.2) is 4.79 Å². The zero-order valence-corrected chi connectivity index (χ0v) is 28.2. The molecule has 254 valence electrons. The minimum absolute atomic E-state index is 0.0155. The number of hydrogen-bond acceptors (Lipinski definition) is 7. The van der Waals surface area contributed by atoms with Crippen LogP contribution in [0.15, 0.2) is 60.7 Å². The Kier molecular flexibility index (Phi) is 9.02. The van der Waals surface area contributed by atoms with Crippen molar-refractivity contribution in [2.75, 3.05) is 54.4 Å². The molecule has 0 radical (unpaired) electrons. The number of carbonyl (C=O) groups excluding carboxylic acids is 5. The fourth-order valence-electron chi connectivity index (χ4n) is 7.44. The molecule has 0 bridgehead atoms. The normalized spacial score (nSPS) is 20.2. The van der Waals surface area contributed by atoms with Gasteiger partial charge in [0, 0.05) is 68.3 Å². The predicted octanol–water partition coefficient (Wildman–Crippen LogP) is 5.39. The van der Waals surface area contributed by atoms with Crippen LogP contribution < -0.4 is 20.4 Å². The maximum Gasteiger partial charge on any atom is 0.324 e. The number of rotatable bonds is 8. The van der Waals surface area contributed by atoms with Crippen molar-refractivity contribution >= 4 is 58.3 Å². The number of nitrogens with zero attached hydrogens (tertiary/aromatic N) is 4. The molecule has 3 aromatic carbocycles. The molecule has 1 atom stereocenters. The van der Waals surface area contributed by atoms with Gasteiger partial charge >= 0.3 is 6.03 Å². The third-order valence-electron chi connectivity index (χ3n) is 10.0. The second kappa shape index (κ2) is 13.5. The molecule has 1 unspecified atom stereocenters. The highest BCUT2D eigenvalue weighted by Gasteiger charge is 2.45. The fourth-order valence-corrected chi connectivity index (χ4v) is 7.73. The highest BCUT2D eigenvalue weighted by Crippen LogP contribution is 2.35. The first-order chi connectivity index (χ1) is 23.7. The Labute approximate surface area is 290 Å². The summed E-state index contributed by atoms with van der Waals surface area (Å²) in [7, 11) is 0. The Morgan fingerprint density at radius 1 is 0.816 bits per heavy atom. The Hall–Kier alpha value is -4.90. The molecule has 11 nitrogen and oxygen atoms in total. The minimum atomic E-state index is -0.986. The molecule has 2 N–H and O–H groups in total.